The van der Waals surface area contributed by atoms with Crippen LogP contribution in [-0.2, 0) is 0 Å². The molecule has 1 fully saturated rings. The van der Waals surface area contributed by atoms with Gasteiger partial charge in [-0.25, -0.2) is 9.78 Å². The Morgan fingerprint density at radius 1 is 1.13 bits per heavy atom. The molecule has 1 N–H and O–H groups in total. The largest absolute Gasteiger partial charge is 0.492 e. The van der Waals surface area contributed by atoms with E-state index in [1.807, 2.05) is 54.6 Å². The summed E-state index contributed by atoms with van der Waals surface area (Å²) in [7, 11) is 1.75. The van der Waals surface area contributed by atoms with Gasteiger partial charge in [-0.05, 0) is 24.3 Å². The molecule has 1 amide bonds. The monoisotopic (exact) mass is 405 g/mol. The third-order valence-electron chi connectivity index (χ3n) is 5.25. The van der Waals surface area contributed by atoms with Gasteiger partial charge in [0.05, 0.1) is 5.69 Å². The van der Waals surface area contributed by atoms with Crippen LogP contribution in [0.25, 0.3) is 11.3 Å². The SMILES string of the molecule is CN(C(=O)n1cnc(-c2cccc(OCCN3CCNCC3)c2)c1)c1ccccc1. The molecule has 0 aliphatic carbocycles. The highest BCUT2D eigenvalue weighted by atomic mass is 16.5. The normalized spacial score (nSPS) is 14.4. The van der Waals surface area contributed by atoms with Crippen molar-refractivity contribution in [1.29, 1.82) is 0 Å². The first-order chi connectivity index (χ1) is 14.7. The predicted molar refractivity (Wildman–Crippen MR) is 118 cm³/mol. The highest BCUT2D eigenvalue weighted by molar-refractivity contribution is 5.93. The van der Waals surface area contributed by atoms with Crippen molar-refractivity contribution >= 4 is 11.7 Å². The molecular weight excluding hydrogens is 378 g/mol. The second-order valence-electron chi connectivity index (χ2n) is 7.31. The number of carbonyl (C=O) groups is 1. The van der Waals surface area contributed by atoms with E-state index in [-0.39, 0.29) is 6.03 Å². The first kappa shape index (κ1) is 20.1. The van der Waals surface area contributed by atoms with E-state index in [0.717, 1.165) is 55.4 Å². The first-order valence-electron chi connectivity index (χ1n) is 10.2. The van der Waals surface area contributed by atoms with Crippen molar-refractivity contribution in [2.45, 2.75) is 0 Å². The molecule has 2 heterocycles. The van der Waals surface area contributed by atoms with Gasteiger partial charge in [0.1, 0.15) is 18.7 Å². The van der Waals surface area contributed by atoms with Gasteiger partial charge in [0.25, 0.3) is 0 Å². The highest BCUT2D eigenvalue weighted by Gasteiger charge is 2.14. The number of hydrogen-bond donors (Lipinski definition) is 1. The van der Waals surface area contributed by atoms with Gasteiger partial charge in [-0.15, -0.1) is 0 Å². The Kier molecular flexibility index (Phi) is 6.41. The fourth-order valence-electron chi connectivity index (χ4n) is 3.48. The van der Waals surface area contributed by atoms with E-state index in [2.05, 4.69) is 15.2 Å². The maximum Gasteiger partial charge on any atom is 0.333 e. The van der Waals surface area contributed by atoms with Crippen molar-refractivity contribution in [1.82, 2.24) is 19.8 Å². The lowest BCUT2D eigenvalue weighted by molar-refractivity contribution is 0.191. The number of amides is 1. The van der Waals surface area contributed by atoms with Gasteiger partial charge in [-0.2, -0.15) is 0 Å². The van der Waals surface area contributed by atoms with Crippen LogP contribution >= 0.6 is 0 Å². The van der Waals surface area contributed by atoms with Crippen LogP contribution in [0.2, 0.25) is 0 Å². The van der Waals surface area contributed by atoms with E-state index in [0.29, 0.717) is 6.61 Å². The number of ether oxygens (including phenoxy) is 1. The Labute approximate surface area is 176 Å². The van der Waals surface area contributed by atoms with Crippen LogP contribution in [0.4, 0.5) is 10.5 Å². The molecular formula is C23H27N5O2. The second kappa shape index (κ2) is 9.56. The number of nitrogens with zero attached hydrogens (tertiary/aromatic N) is 4. The number of para-hydroxylation sites is 1. The minimum atomic E-state index is -0.164. The summed E-state index contributed by atoms with van der Waals surface area (Å²) >= 11 is 0. The van der Waals surface area contributed by atoms with E-state index >= 15 is 0 Å². The average Bonchev–Trinajstić information content (AvgIpc) is 3.30. The first-order valence-corrected chi connectivity index (χ1v) is 10.2. The van der Waals surface area contributed by atoms with Crippen molar-refractivity contribution in [3.05, 3.63) is 67.1 Å². The van der Waals surface area contributed by atoms with Crippen molar-refractivity contribution < 1.29 is 9.53 Å². The summed E-state index contributed by atoms with van der Waals surface area (Å²) in [5, 5.41) is 3.36. The van der Waals surface area contributed by atoms with E-state index < -0.39 is 0 Å². The topological polar surface area (TPSA) is 62.6 Å². The van der Waals surface area contributed by atoms with Crippen LogP contribution in [0.15, 0.2) is 67.1 Å². The zero-order chi connectivity index (χ0) is 20.8. The van der Waals surface area contributed by atoms with Gasteiger partial charge in [-0.1, -0.05) is 30.3 Å². The number of imidazole rings is 1. The zero-order valence-electron chi connectivity index (χ0n) is 17.2. The van der Waals surface area contributed by atoms with Gasteiger partial charge in [0.2, 0.25) is 0 Å². The summed E-state index contributed by atoms with van der Waals surface area (Å²) in [6, 6.07) is 17.2. The summed E-state index contributed by atoms with van der Waals surface area (Å²) in [5.41, 5.74) is 2.48. The molecule has 1 aromatic heterocycles. The lowest BCUT2D eigenvalue weighted by atomic mass is 10.1. The number of piperazine rings is 1. The summed E-state index contributed by atoms with van der Waals surface area (Å²) in [6.45, 7) is 5.77. The van der Waals surface area contributed by atoms with Crippen LogP contribution in [0.5, 0.6) is 5.75 Å². The molecule has 7 heteroatoms. The Bertz CT molecular complexity index is 966. The van der Waals surface area contributed by atoms with E-state index in [4.69, 9.17) is 4.74 Å². The Hall–Kier alpha value is -3.16. The average molecular weight is 406 g/mol. The molecule has 0 atom stereocenters. The number of benzene rings is 2. The summed E-state index contributed by atoms with van der Waals surface area (Å²) in [6.07, 6.45) is 3.30. The molecule has 156 valence electrons. The Morgan fingerprint density at radius 2 is 1.93 bits per heavy atom. The Morgan fingerprint density at radius 3 is 2.73 bits per heavy atom. The van der Waals surface area contributed by atoms with Gasteiger partial charge >= 0.3 is 6.03 Å². The van der Waals surface area contributed by atoms with Crippen LogP contribution in [-0.4, -0.2) is 66.9 Å². The van der Waals surface area contributed by atoms with Crippen LogP contribution in [0.1, 0.15) is 0 Å². The lowest BCUT2D eigenvalue weighted by Crippen LogP contribution is -2.44. The standard InChI is InChI=1S/C23H27N5O2/c1-26(20-7-3-2-4-8-20)23(29)28-17-22(25-18-28)19-6-5-9-21(16-19)30-15-14-27-12-10-24-11-13-27/h2-9,16-18,24H,10-15H2,1H3. The molecule has 7 nitrogen and oxygen atoms in total. The quantitative estimate of drug-likeness (QED) is 0.683. The van der Waals surface area contributed by atoms with Gasteiger partial charge in [0.15, 0.2) is 0 Å². The van der Waals surface area contributed by atoms with E-state index in [1.165, 1.54) is 4.57 Å². The van der Waals surface area contributed by atoms with Crippen molar-refractivity contribution in [2.24, 2.45) is 0 Å². The number of anilines is 1. The molecule has 0 unspecified atom stereocenters. The third-order valence-corrected chi connectivity index (χ3v) is 5.25. The fraction of sp³-hybridized carbons (Fsp3) is 0.304. The van der Waals surface area contributed by atoms with Crippen LogP contribution < -0.4 is 15.0 Å². The van der Waals surface area contributed by atoms with E-state index in [1.54, 1.807) is 24.5 Å². The van der Waals surface area contributed by atoms with Gasteiger partial charge in [-0.3, -0.25) is 14.4 Å². The Balaban J connectivity index is 1.39. The number of aromatic nitrogens is 2. The molecule has 0 bridgehead atoms. The molecule has 1 saturated heterocycles. The minimum absolute atomic E-state index is 0.164. The van der Waals surface area contributed by atoms with Crippen molar-refractivity contribution in [3.8, 4) is 17.0 Å². The lowest BCUT2D eigenvalue weighted by Gasteiger charge is -2.26. The summed E-state index contributed by atoms with van der Waals surface area (Å²) in [5.74, 6) is 0.810. The number of carbonyl (C=O) groups excluding carboxylic acids is 1. The number of nitrogens with one attached hydrogen (secondary N) is 1. The smallest absolute Gasteiger partial charge is 0.333 e. The molecule has 2 aromatic carbocycles. The van der Waals surface area contributed by atoms with Gasteiger partial charge < -0.3 is 10.1 Å². The predicted octanol–water partition coefficient (Wildman–Crippen LogP) is 2.94. The number of rotatable bonds is 6. The van der Waals surface area contributed by atoms with Crippen molar-refractivity contribution in [2.75, 3.05) is 51.3 Å². The summed E-state index contributed by atoms with van der Waals surface area (Å²) in [4.78, 5) is 21.2. The van der Waals surface area contributed by atoms with Crippen LogP contribution in [0, 0.1) is 0 Å². The summed E-state index contributed by atoms with van der Waals surface area (Å²) < 4.78 is 7.45. The van der Waals surface area contributed by atoms with Gasteiger partial charge in [0, 0.05) is 57.2 Å². The van der Waals surface area contributed by atoms with Crippen LogP contribution in [0.3, 0.4) is 0 Å². The molecule has 4 rings (SSSR count). The maximum absolute atomic E-state index is 12.8. The molecule has 3 aromatic rings. The number of hydrogen-bond acceptors (Lipinski definition) is 5. The molecule has 1 aliphatic heterocycles. The minimum Gasteiger partial charge on any atom is -0.492 e. The molecule has 0 saturated carbocycles. The maximum atomic E-state index is 12.8. The fourth-order valence-corrected chi connectivity index (χ4v) is 3.48. The highest BCUT2D eigenvalue weighted by Crippen LogP contribution is 2.23. The third kappa shape index (κ3) is 4.87. The zero-order valence-corrected chi connectivity index (χ0v) is 17.2. The molecule has 30 heavy (non-hydrogen) atoms. The molecule has 0 spiro atoms. The molecule has 0 radical (unpaired) electrons. The van der Waals surface area contributed by atoms with E-state index in [9.17, 15) is 4.79 Å². The van der Waals surface area contributed by atoms with Crippen molar-refractivity contribution in [3.63, 3.8) is 0 Å². The second-order valence-corrected chi connectivity index (χ2v) is 7.31. The molecule has 1 aliphatic rings.